The molecule has 0 radical (unpaired) electrons. The van der Waals surface area contributed by atoms with Crippen LogP contribution in [0.4, 0.5) is 5.69 Å². The maximum Gasteiger partial charge on any atom is 0.339 e. The van der Waals surface area contributed by atoms with E-state index in [-0.39, 0.29) is 16.3 Å². The number of anilines is 1. The lowest BCUT2D eigenvalue weighted by Gasteiger charge is -1.99. The predicted molar refractivity (Wildman–Crippen MR) is 40.6 cm³/mol. The second-order valence-electron chi connectivity index (χ2n) is 1.89. The smallest absolute Gasteiger partial charge is 0.339 e. The van der Waals surface area contributed by atoms with Gasteiger partial charge in [0.05, 0.1) is 10.7 Å². The van der Waals surface area contributed by atoms with Gasteiger partial charge in [-0.25, -0.2) is 4.79 Å². The Balaban J connectivity index is 3.27. The Morgan fingerprint density at radius 1 is 1.64 bits per heavy atom. The molecule has 0 spiro atoms. The maximum absolute atomic E-state index is 10.4. The summed E-state index contributed by atoms with van der Waals surface area (Å²) < 4.78 is 0. The average molecular weight is 173 g/mol. The van der Waals surface area contributed by atoms with E-state index in [1.165, 1.54) is 6.20 Å². The van der Waals surface area contributed by atoms with Gasteiger partial charge in [-0.15, -0.1) is 0 Å². The van der Waals surface area contributed by atoms with E-state index >= 15 is 0 Å². The zero-order chi connectivity index (χ0) is 8.43. The summed E-state index contributed by atoms with van der Waals surface area (Å²) in [5.74, 6) is -1.13. The SMILES string of the molecule is Nc1c(Cl)cncc1C(=O)O. The third-order valence-corrected chi connectivity index (χ3v) is 1.47. The number of rotatable bonds is 1. The summed E-state index contributed by atoms with van der Waals surface area (Å²) in [7, 11) is 0. The molecule has 5 heteroatoms. The summed E-state index contributed by atoms with van der Waals surface area (Å²) in [5.41, 5.74) is 5.31. The Labute approximate surface area is 67.6 Å². The number of carbonyl (C=O) groups is 1. The van der Waals surface area contributed by atoms with Crippen molar-refractivity contribution in [3.05, 3.63) is 23.0 Å². The Hall–Kier alpha value is -1.29. The van der Waals surface area contributed by atoms with Crippen LogP contribution in [-0.4, -0.2) is 16.1 Å². The first-order valence-corrected chi connectivity index (χ1v) is 3.13. The summed E-state index contributed by atoms with van der Waals surface area (Å²) in [6.07, 6.45) is 2.45. The molecule has 0 atom stereocenters. The van der Waals surface area contributed by atoms with Crippen molar-refractivity contribution in [2.75, 3.05) is 5.73 Å². The molecule has 0 saturated heterocycles. The number of hydrogen-bond donors (Lipinski definition) is 2. The van der Waals surface area contributed by atoms with Crippen LogP contribution in [0, 0.1) is 0 Å². The van der Waals surface area contributed by atoms with Gasteiger partial charge in [0.2, 0.25) is 0 Å². The molecule has 4 nitrogen and oxygen atoms in total. The molecule has 0 aliphatic rings. The lowest BCUT2D eigenvalue weighted by Crippen LogP contribution is -2.03. The number of nitrogen functional groups attached to an aromatic ring is 1. The number of carboxylic acid groups (broad SMARTS) is 1. The van der Waals surface area contributed by atoms with Gasteiger partial charge in [-0.3, -0.25) is 4.98 Å². The van der Waals surface area contributed by atoms with Crippen LogP contribution in [0.2, 0.25) is 5.02 Å². The fraction of sp³-hybridized carbons (Fsp3) is 0. The van der Waals surface area contributed by atoms with Crippen LogP contribution in [0.25, 0.3) is 0 Å². The van der Waals surface area contributed by atoms with Crippen molar-refractivity contribution in [3.8, 4) is 0 Å². The molecule has 1 rings (SSSR count). The van der Waals surface area contributed by atoms with Crippen LogP contribution in [-0.2, 0) is 0 Å². The van der Waals surface area contributed by atoms with Crippen molar-refractivity contribution in [2.24, 2.45) is 0 Å². The van der Waals surface area contributed by atoms with Gasteiger partial charge in [0.15, 0.2) is 0 Å². The van der Waals surface area contributed by atoms with E-state index in [0.717, 1.165) is 6.20 Å². The van der Waals surface area contributed by atoms with Crippen LogP contribution in [0.5, 0.6) is 0 Å². The number of pyridine rings is 1. The molecule has 0 amide bonds. The molecule has 0 fully saturated rings. The van der Waals surface area contributed by atoms with E-state index in [0.29, 0.717) is 0 Å². The Bertz CT molecular complexity index is 301. The van der Waals surface area contributed by atoms with E-state index in [4.69, 9.17) is 22.4 Å². The molecule has 1 heterocycles. The van der Waals surface area contributed by atoms with Gasteiger partial charge in [0, 0.05) is 12.4 Å². The summed E-state index contributed by atoms with van der Waals surface area (Å²) in [4.78, 5) is 14.0. The first kappa shape index (κ1) is 7.81. The topological polar surface area (TPSA) is 76.2 Å². The standard InChI is InChI=1S/C6H5ClN2O2/c7-4-2-9-1-3(5(4)8)6(10)11/h1-2H,(H2,8,9)(H,10,11). The van der Waals surface area contributed by atoms with Crippen molar-refractivity contribution in [1.29, 1.82) is 0 Å². The number of halogens is 1. The van der Waals surface area contributed by atoms with Crippen molar-refractivity contribution < 1.29 is 9.90 Å². The Kier molecular flexibility index (Phi) is 1.96. The molecule has 0 unspecified atom stereocenters. The molecule has 0 bridgehead atoms. The molecular weight excluding hydrogens is 168 g/mol. The van der Waals surface area contributed by atoms with E-state index in [1.54, 1.807) is 0 Å². The monoisotopic (exact) mass is 172 g/mol. The first-order valence-electron chi connectivity index (χ1n) is 2.75. The van der Waals surface area contributed by atoms with Crippen molar-refractivity contribution in [2.45, 2.75) is 0 Å². The third-order valence-electron chi connectivity index (χ3n) is 1.17. The minimum absolute atomic E-state index is 0.0502. The first-order chi connectivity index (χ1) is 5.13. The molecule has 1 aromatic heterocycles. The highest BCUT2D eigenvalue weighted by molar-refractivity contribution is 6.33. The average Bonchev–Trinajstić information content (AvgIpc) is 1.94. The van der Waals surface area contributed by atoms with Crippen LogP contribution in [0.1, 0.15) is 10.4 Å². The second kappa shape index (κ2) is 2.75. The number of aromatic nitrogens is 1. The van der Waals surface area contributed by atoms with Crippen molar-refractivity contribution in [3.63, 3.8) is 0 Å². The van der Waals surface area contributed by atoms with Gasteiger partial charge in [-0.1, -0.05) is 11.6 Å². The van der Waals surface area contributed by atoms with Crippen LogP contribution in [0.15, 0.2) is 12.4 Å². The van der Waals surface area contributed by atoms with E-state index in [1.807, 2.05) is 0 Å². The normalized spacial score (nSPS) is 9.55. The van der Waals surface area contributed by atoms with Gasteiger partial charge in [0.25, 0.3) is 0 Å². The minimum Gasteiger partial charge on any atom is -0.478 e. The number of nitrogens with zero attached hydrogens (tertiary/aromatic N) is 1. The van der Waals surface area contributed by atoms with Gasteiger partial charge < -0.3 is 10.8 Å². The molecule has 58 valence electrons. The lowest BCUT2D eigenvalue weighted by atomic mass is 10.2. The van der Waals surface area contributed by atoms with Gasteiger partial charge >= 0.3 is 5.97 Å². The molecule has 11 heavy (non-hydrogen) atoms. The number of hydrogen-bond acceptors (Lipinski definition) is 3. The lowest BCUT2D eigenvalue weighted by molar-refractivity contribution is 0.0697. The predicted octanol–water partition coefficient (Wildman–Crippen LogP) is 1.02. The zero-order valence-electron chi connectivity index (χ0n) is 5.41. The second-order valence-corrected chi connectivity index (χ2v) is 2.29. The van der Waals surface area contributed by atoms with Gasteiger partial charge in [0.1, 0.15) is 5.56 Å². The fourth-order valence-electron chi connectivity index (χ4n) is 0.615. The Morgan fingerprint density at radius 3 is 2.73 bits per heavy atom. The summed E-state index contributed by atoms with van der Waals surface area (Å²) in [5, 5.41) is 8.67. The van der Waals surface area contributed by atoms with Crippen LogP contribution >= 0.6 is 11.6 Å². The highest BCUT2D eigenvalue weighted by Crippen LogP contribution is 2.20. The summed E-state index contributed by atoms with van der Waals surface area (Å²) in [6.45, 7) is 0. The number of carboxylic acids is 1. The van der Waals surface area contributed by atoms with Crippen molar-refractivity contribution >= 4 is 23.3 Å². The molecule has 0 saturated carbocycles. The number of nitrogens with two attached hydrogens (primary N) is 1. The maximum atomic E-state index is 10.4. The van der Waals surface area contributed by atoms with Gasteiger partial charge in [-0.05, 0) is 0 Å². The molecule has 3 N–H and O–H groups in total. The molecular formula is C6H5ClN2O2. The molecule has 1 aromatic rings. The molecule has 0 aliphatic heterocycles. The van der Waals surface area contributed by atoms with E-state index in [9.17, 15) is 4.79 Å². The quantitative estimate of drug-likeness (QED) is 0.663. The van der Waals surface area contributed by atoms with Crippen LogP contribution < -0.4 is 5.73 Å². The largest absolute Gasteiger partial charge is 0.478 e. The zero-order valence-corrected chi connectivity index (χ0v) is 6.17. The van der Waals surface area contributed by atoms with Crippen LogP contribution in [0.3, 0.4) is 0 Å². The molecule has 0 aromatic carbocycles. The number of aromatic carboxylic acids is 1. The fourth-order valence-corrected chi connectivity index (χ4v) is 0.774. The van der Waals surface area contributed by atoms with Crippen molar-refractivity contribution in [1.82, 2.24) is 4.98 Å². The van der Waals surface area contributed by atoms with E-state index in [2.05, 4.69) is 4.98 Å². The molecule has 0 aliphatic carbocycles. The summed E-state index contributed by atoms with van der Waals surface area (Å²) >= 11 is 5.51. The van der Waals surface area contributed by atoms with E-state index < -0.39 is 5.97 Å². The van der Waals surface area contributed by atoms with Gasteiger partial charge in [-0.2, -0.15) is 0 Å². The highest BCUT2D eigenvalue weighted by atomic mass is 35.5. The Morgan fingerprint density at radius 2 is 2.27 bits per heavy atom. The summed E-state index contributed by atoms with van der Waals surface area (Å²) in [6, 6.07) is 0. The minimum atomic E-state index is -1.13. The highest BCUT2D eigenvalue weighted by Gasteiger charge is 2.09. The third kappa shape index (κ3) is 1.40.